The second kappa shape index (κ2) is 7.25. The molecular formula is C16H28N4O3. The molecule has 0 aliphatic carbocycles. The van der Waals surface area contributed by atoms with Gasteiger partial charge in [-0.1, -0.05) is 0 Å². The zero-order valence-corrected chi connectivity index (χ0v) is 13.9. The first-order valence-electron chi connectivity index (χ1n) is 8.64. The van der Waals surface area contributed by atoms with E-state index in [1.165, 1.54) is 0 Å². The van der Waals surface area contributed by atoms with Crippen LogP contribution in [0.1, 0.15) is 43.5 Å². The van der Waals surface area contributed by atoms with Crippen LogP contribution in [0.3, 0.4) is 0 Å². The highest BCUT2D eigenvalue weighted by Crippen LogP contribution is 2.48. The van der Waals surface area contributed by atoms with Gasteiger partial charge in [-0.05, 0) is 44.2 Å². The minimum atomic E-state index is 0.132. The smallest absolute Gasteiger partial charge is 0.233 e. The maximum absolute atomic E-state index is 9.38. The van der Waals surface area contributed by atoms with Gasteiger partial charge in [0.05, 0.1) is 12.6 Å². The van der Waals surface area contributed by atoms with Crippen LogP contribution in [-0.4, -0.2) is 76.1 Å². The van der Waals surface area contributed by atoms with Crippen molar-refractivity contribution in [3.63, 3.8) is 0 Å². The molecule has 3 heterocycles. The van der Waals surface area contributed by atoms with Gasteiger partial charge in [-0.15, -0.1) is 10.2 Å². The average molecular weight is 324 g/mol. The van der Waals surface area contributed by atoms with Crippen molar-refractivity contribution in [2.45, 2.75) is 38.6 Å². The molecule has 1 aromatic rings. The second-order valence-electron chi connectivity index (χ2n) is 6.99. The van der Waals surface area contributed by atoms with E-state index in [0.29, 0.717) is 18.3 Å². The molecule has 1 unspecified atom stereocenters. The summed E-state index contributed by atoms with van der Waals surface area (Å²) in [5.74, 6) is 1.29. The van der Waals surface area contributed by atoms with Crippen LogP contribution in [0.15, 0.2) is 4.42 Å². The molecule has 2 aliphatic heterocycles. The van der Waals surface area contributed by atoms with Crippen LogP contribution in [0.25, 0.3) is 0 Å². The van der Waals surface area contributed by atoms with E-state index in [4.69, 9.17) is 9.52 Å². The van der Waals surface area contributed by atoms with Gasteiger partial charge in [-0.2, -0.15) is 0 Å². The molecule has 7 heteroatoms. The minimum absolute atomic E-state index is 0.132. The third-order valence-electron chi connectivity index (χ3n) is 5.37. The molecule has 0 bridgehead atoms. The third kappa shape index (κ3) is 3.74. The Kier molecular flexibility index (Phi) is 5.31. The summed E-state index contributed by atoms with van der Waals surface area (Å²) >= 11 is 0. The third-order valence-corrected chi connectivity index (χ3v) is 5.37. The van der Waals surface area contributed by atoms with Crippen LogP contribution in [0.5, 0.6) is 0 Å². The van der Waals surface area contributed by atoms with Crippen LogP contribution in [0.4, 0.5) is 0 Å². The Labute approximate surface area is 137 Å². The fraction of sp³-hybridized carbons (Fsp3) is 0.875. The lowest BCUT2D eigenvalue weighted by Crippen LogP contribution is -2.42. The van der Waals surface area contributed by atoms with E-state index in [2.05, 4.69) is 20.0 Å². The molecule has 1 atom stereocenters. The van der Waals surface area contributed by atoms with E-state index in [-0.39, 0.29) is 24.7 Å². The molecule has 2 saturated heterocycles. The monoisotopic (exact) mass is 324 g/mol. The Bertz CT molecular complexity index is 499. The van der Waals surface area contributed by atoms with Gasteiger partial charge in [0.1, 0.15) is 0 Å². The predicted molar refractivity (Wildman–Crippen MR) is 84.9 cm³/mol. The van der Waals surface area contributed by atoms with Crippen molar-refractivity contribution < 1.29 is 14.6 Å². The Morgan fingerprint density at radius 3 is 2.57 bits per heavy atom. The summed E-state index contributed by atoms with van der Waals surface area (Å²) in [6.45, 7) is 7.05. The van der Waals surface area contributed by atoms with Crippen molar-refractivity contribution in [3.8, 4) is 0 Å². The van der Waals surface area contributed by atoms with Crippen LogP contribution in [0, 0.1) is 12.3 Å². The summed E-state index contributed by atoms with van der Waals surface area (Å²) in [6.07, 6.45) is 4.20. The number of likely N-dealkylation sites (tertiary alicyclic amines) is 2. The van der Waals surface area contributed by atoms with Crippen LogP contribution < -0.4 is 0 Å². The summed E-state index contributed by atoms with van der Waals surface area (Å²) in [7, 11) is 0. The molecule has 2 fully saturated rings. The number of hydrogen-bond acceptors (Lipinski definition) is 7. The number of aromatic nitrogens is 2. The van der Waals surface area contributed by atoms with Crippen molar-refractivity contribution in [3.05, 3.63) is 11.8 Å². The molecule has 0 radical (unpaired) electrons. The normalized spacial score (nSPS) is 25.4. The molecule has 0 aromatic carbocycles. The lowest BCUT2D eigenvalue weighted by Gasteiger charge is -2.39. The first kappa shape index (κ1) is 16.8. The van der Waals surface area contributed by atoms with Crippen molar-refractivity contribution in [2.75, 3.05) is 45.9 Å². The van der Waals surface area contributed by atoms with Crippen molar-refractivity contribution in [1.29, 1.82) is 0 Å². The highest BCUT2D eigenvalue weighted by molar-refractivity contribution is 5.04. The Balaban J connectivity index is 1.66. The molecule has 2 aliphatic rings. The maximum atomic E-state index is 9.38. The molecular weight excluding hydrogens is 296 g/mol. The summed E-state index contributed by atoms with van der Waals surface area (Å²) in [5.41, 5.74) is 0.290. The van der Waals surface area contributed by atoms with Crippen molar-refractivity contribution in [2.24, 2.45) is 5.41 Å². The molecule has 0 amide bonds. The van der Waals surface area contributed by atoms with Gasteiger partial charge >= 0.3 is 0 Å². The van der Waals surface area contributed by atoms with Gasteiger partial charge in [0, 0.05) is 33.2 Å². The molecule has 1 aromatic heterocycles. The fourth-order valence-corrected chi connectivity index (χ4v) is 4.11. The standard InChI is InChI=1S/C16H28N4O3/c1-13-17-18-15(23-13)14-11-16(12-20(14)8-10-22)3-6-19(7-4-16)5-2-9-21/h14,21-22H,2-12H2,1H3. The number of aliphatic hydroxyl groups excluding tert-OH is 2. The lowest BCUT2D eigenvalue weighted by atomic mass is 9.76. The maximum Gasteiger partial charge on any atom is 0.233 e. The number of β-amino-alcohol motifs (C(OH)–C–C–N with tert-alkyl or cyclic N) is 1. The number of hydrogen-bond donors (Lipinski definition) is 2. The van der Waals surface area contributed by atoms with Gasteiger partial charge in [0.25, 0.3) is 0 Å². The zero-order valence-electron chi connectivity index (χ0n) is 13.9. The fourth-order valence-electron chi connectivity index (χ4n) is 4.11. The number of nitrogens with zero attached hydrogens (tertiary/aromatic N) is 4. The minimum Gasteiger partial charge on any atom is -0.424 e. The molecule has 23 heavy (non-hydrogen) atoms. The van der Waals surface area contributed by atoms with Gasteiger partial charge in [-0.3, -0.25) is 4.90 Å². The Hall–Kier alpha value is -1.02. The summed E-state index contributed by atoms with van der Waals surface area (Å²) in [5, 5.41) is 26.5. The predicted octanol–water partition coefficient (Wildman–Crippen LogP) is 0.582. The summed E-state index contributed by atoms with van der Waals surface area (Å²) in [6, 6.07) is 0.132. The van der Waals surface area contributed by atoms with E-state index in [0.717, 1.165) is 51.9 Å². The van der Waals surface area contributed by atoms with E-state index in [1.807, 2.05) is 6.92 Å². The largest absolute Gasteiger partial charge is 0.424 e. The summed E-state index contributed by atoms with van der Waals surface area (Å²) < 4.78 is 5.67. The van der Waals surface area contributed by atoms with Crippen LogP contribution in [-0.2, 0) is 0 Å². The summed E-state index contributed by atoms with van der Waals surface area (Å²) in [4.78, 5) is 4.75. The topological polar surface area (TPSA) is 85.9 Å². The second-order valence-corrected chi connectivity index (χ2v) is 6.99. The molecule has 1 spiro atoms. The molecule has 7 nitrogen and oxygen atoms in total. The number of aliphatic hydroxyl groups is 2. The van der Waals surface area contributed by atoms with E-state index >= 15 is 0 Å². The highest BCUT2D eigenvalue weighted by atomic mass is 16.4. The van der Waals surface area contributed by atoms with Gasteiger partial charge in [0.15, 0.2) is 0 Å². The van der Waals surface area contributed by atoms with Gasteiger partial charge in [0.2, 0.25) is 11.8 Å². The Morgan fingerprint density at radius 2 is 1.96 bits per heavy atom. The average Bonchev–Trinajstić information content (AvgIpc) is 3.12. The zero-order chi connectivity index (χ0) is 16.3. The molecule has 0 saturated carbocycles. The molecule has 3 rings (SSSR count). The van der Waals surface area contributed by atoms with E-state index < -0.39 is 0 Å². The van der Waals surface area contributed by atoms with Gasteiger partial charge in [-0.25, -0.2) is 0 Å². The SMILES string of the molecule is Cc1nnc(C2CC3(CCN(CCCO)CC3)CN2CCO)o1. The first-order valence-corrected chi connectivity index (χ1v) is 8.64. The van der Waals surface area contributed by atoms with E-state index in [1.54, 1.807) is 0 Å². The highest BCUT2D eigenvalue weighted by Gasteiger charge is 2.47. The van der Waals surface area contributed by atoms with Crippen LogP contribution in [0.2, 0.25) is 0 Å². The van der Waals surface area contributed by atoms with Crippen molar-refractivity contribution in [1.82, 2.24) is 20.0 Å². The first-order chi connectivity index (χ1) is 11.2. The Morgan fingerprint density at radius 1 is 1.17 bits per heavy atom. The van der Waals surface area contributed by atoms with E-state index in [9.17, 15) is 5.11 Å². The lowest BCUT2D eigenvalue weighted by molar-refractivity contribution is 0.0987. The van der Waals surface area contributed by atoms with Crippen molar-refractivity contribution >= 4 is 0 Å². The number of aryl methyl sites for hydroxylation is 1. The van der Waals surface area contributed by atoms with Crippen LogP contribution >= 0.6 is 0 Å². The molecule has 2 N–H and O–H groups in total. The number of piperidine rings is 1. The quantitative estimate of drug-likeness (QED) is 0.791. The molecule has 130 valence electrons. The van der Waals surface area contributed by atoms with Gasteiger partial charge < -0.3 is 19.5 Å². The number of rotatable bonds is 6.